The van der Waals surface area contributed by atoms with Crippen molar-refractivity contribution in [3.05, 3.63) is 59.8 Å². The maximum atomic E-state index is 13.6. The highest BCUT2D eigenvalue weighted by molar-refractivity contribution is 7.80. The quantitative estimate of drug-likeness (QED) is 0.521. The number of carbonyl (C=O) groups is 3. The van der Waals surface area contributed by atoms with Crippen LogP contribution in [0, 0.1) is 11.7 Å². The molecule has 0 aliphatic carbocycles. The van der Waals surface area contributed by atoms with Crippen LogP contribution in [0.4, 0.5) is 4.39 Å². The van der Waals surface area contributed by atoms with Gasteiger partial charge in [-0.2, -0.15) is 0 Å². The van der Waals surface area contributed by atoms with Gasteiger partial charge in [-0.25, -0.2) is 4.39 Å². The molecule has 1 saturated heterocycles. The van der Waals surface area contributed by atoms with E-state index in [-0.39, 0.29) is 29.5 Å². The Kier molecular flexibility index (Phi) is 5.99. The molecule has 1 atom stereocenters. The highest BCUT2D eigenvalue weighted by Gasteiger charge is 2.34. The van der Waals surface area contributed by atoms with Crippen molar-refractivity contribution in [1.29, 1.82) is 0 Å². The molecular weight excluding hydrogens is 387 g/mol. The topological polar surface area (TPSA) is 104 Å². The molecule has 0 radical (unpaired) electrons. The maximum absolute atomic E-state index is 13.6. The number of likely N-dealkylation sites (tertiary alicyclic amines) is 1. The monoisotopic (exact) mass is 404 g/mol. The molecule has 0 saturated carbocycles. The van der Waals surface area contributed by atoms with Gasteiger partial charge in [0.2, 0.25) is 11.8 Å². The van der Waals surface area contributed by atoms with E-state index in [0.29, 0.717) is 12.3 Å². The molecule has 0 bridgehead atoms. The zero-order chi connectivity index (χ0) is 20.1. The first-order valence-corrected chi connectivity index (χ1v) is 8.80. The van der Waals surface area contributed by atoms with E-state index in [0.717, 1.165) is 6.07 Å². The van der Waals surface area contributed by atoms with Crippen molar-refractivity contribution in [2.45, 2.75) is 13.0 Å². The Morgan fingerprint density at radius 1 is 1.21 bits per heavy atom. The van der Waals surface area contributed by atoms with Crippen LogP contribution >= 0.6 is 12.2 Å². The number of thiocarbonyl (C=S) groups is 1. The fourth-order valence-corrected chi connectivity index (χ4v) is 2.90. The zero-order valence-corrected chi connectivity index (χ0v) is 15.4. The summed E-state index contributed by atoms with van der Waals surface area (Å²) in [7, 11) is 0. The van der Waals surface area contributed by atoms with Gasteiger partial charge in [-0.1, -0.05) is 12.1 Å². The van der Waals surface area contributed by atoms with Crippen molar-refractivity contribution in [1.82, 2.24) is 21.1 Å². The second kappa shape index (κ2) is 8.61. The summed E-state index contributed by atoms with van der Waals surface area (Å²) in [5.41, 5.74) is 4.57. The summed E-state index contributed by atoms with van der Waals surface area (Å²) >= 11 is 4.92. The Bertz CT molecular complexity index is 903. The normalized spacial score (nSPS) is 16.0. The molecule has 1 fully saturated rings. The van der Waals surface area contributed by atoms with Gasteiger partial charge in [0.25, 0.3) is 5.91 Å². The van der Waals surface area contributed by atoms with E-state index in [1.54, 1.807) is 12.1 Å². The predicted molar refractivity (Wildman–Crippen MR) is 100.0 cm³/mol. The minimum Gasteiger partial charge on any atom is -0.467 e. The predicted octanol–water partition coefficient (Wildman–Crippen LogP) is 1.10. The molecule has 3 amide bonds. The number of benzene rings is 1. The molecule has 2 heterocycles. The first kappa shape index (κ1) is 19.5. The third-order valence-electron chi connectivity index (χ3n) is 4.16. The SMILES string of the molecule is O=C(NC(=S)NNC(=O)C1CC(=O)N(Cc2ccco2)C1)c1ccccc1F. The van der Waals surface area contributed by atoms with Crippen LogP contribution < -0.4 is 16.2 Å². The first-order valence-electron chi connectivity index (χ1n) is 8.40. The van der Waals surface area contributed by atoms with E-state index in [9.17, 15) is 18.8 Å². The van der Waals surface area contributed by atoms with Gasteiger partial charge in [-0.3, -0.25) is 30.6 Å². The smallest absolute Gasteiger partial charge is 0.260 e. The van der Waals surface area contributed by atoms with Gasteiger partial charge in [0.15, 0.2) is 5.11 Å². The number of amides is 3. The molecule has 1 aliphatic heterocycles. The van der Waals surface area contributed by atoms with E-state index in [2.05, 4.69) is 16.2 Å². The minimum absolute atomic E-state index is 0.0581. The number of furan rings is 1. The lowest BCUT2D eigenvalue weighted by molar-refractivity contribution is -0.129. The lowest BCUT2D eigenvalue weighted by Crippen LogP contribution is -2.50. The average Bonchev–Trinajstić information content (AvgIpc) is 3.30. The Morgan fingerprint density at radius 3 is 2.71 bits per heavy atom. The molecule has 146 valence electrons. The van der Waals surface area contributed by atoms with Crippen molar-refractivity contribution in [2.24, 2.45) is 5.92 Å². The molecule has 1 unspecified atom stereocenters. The fourth-order valence-electron chi connectivity index (χ4n) is 2.76. The summed E-state index contributed by atoms with van der Waals surface area (Å²) in [5, 5.41) is 2.07. The molecule has 1 aliphatic rings. The Hall–Kier alpha value is -3.27. The Morgan fingerprint density at radius 2 is 2.00 bits per heavy atom. The molecule has 28 heavy (non-hydrogen) atoms. The molecule has 3 N–H and O–H groups in total. The molecule has 1 aromatic carbocycles. The van der Waals surface area contributed by atoms with E-state index < -0.39 is 23.5 Å². The van der Waals surface area contributed by atoms with Crippen molar-refractivity contribution in [3.8, 4) is 0 Å². The molecule has 3 rings (SSSR count). The zero-order valence-electron chi connectivity index (χ0n) is 14.6. The second-order valence-electron chi connectivity index (χ2n) is 6.13. The fraction of sp³-hybridized carbons (Fsp3) is 0.222. The number of nitrogens with one attached hydrogen (secondary N) is 3. The highest BCUT2D eigenvalue weighted by atomic mass is 32.1. The summed E-state index contributed by atoms with van der Waals surface area (Å²) in [4.78, 5) is 37.8. The summed E-state index contributed by atoms with van der Waals surface area (Å²) in [5.74, 6) is -1.98. The maximum Gasteiger partial charge on any atom is 0.260 e. The Labute approximate surface area is 165 Å². The number of nitrogens with zero attached hydrogens (tertiary/aromatic N) is 1. The van der Waals surface area contributed by atoms with Gasteiger partial charge in [0.1, 0.15) is 11.6 Å². The number of rotatable bonds is 4. The van der Waals surface area contributed by atoms with Gasteiger partial charge in [0, 0.05) is 13.0 Å². The molecular formula is C18H17FN4O4S. The van der Waals surface area contributed by atoms with Crippen LogP contribution in [0.25, 0.3) is 0 Å². The molecule has 10 heteroatoms. The van der Waals surface area contributed by atoms with Crippen LogP contribution in [0.5, 0.6) is 0 Å². The first-order chi connectivity index (χ1) is 13.4. The van der Waals surface area contributed by atoms with E-state index in [4.69, 9.17) is 16.6 Å². The molecule has 2 aromatic rings. The summed E-state index contributed by atoms with van der Waals surface area (Å²) in [6.07, 6.45) is 1.57. The lowest BCUT2D eigenvalue weighted by Gasteiger charge is -2.16. The van der Waals surface area contributed by atoms with Gasteiger partial charge in [-0.15, -0.1) is 0 Å². The summed E-state index contributed by atoms with van der Waals surface area (Å²) in [6, 6.07) is 8.91. The van der Waals surface area contributed by atoms with Crippen molar-refractivity contribution in [3.63, 3.8) is 0 Å². The van der Waals surface area contributed by atoms with Crippen LogP contribution in [-0.4, -0.2) is 34.3 Å². The van der Waals surface area contributed by atoms with Crippen LogP contribution in [-0.2, 0) is 16.1 Å². The van der Waals surface area contributed by atoms with Gasteiger partial charge >= 0.3 is 0 Å². The molecule has 0 spiro atoms. The van der Waals surface area contributed by atoms with E-state index in [1.165, 1.54) is 29.4 Å². The van der Waals surface area contributed by atoms with Crippen molar-refractivity contribution < 1.29 is 23.2 Å². The van der Waals surface area contributed by atoms with Crippen LogP contribution in [0.15, 0.2) is 47.1 Å². The Balaban J connectivity index is 1.46. The summed E-state index contributed by atoms with van der Waals surface area (Å²) in [6.45, 7) is 0.529. The van der Waals surface area contributed by atoms with Gasteiger partial charge in [-0.05, 0) is 36.5 Å². The highest BCUT2D eigenvalue weighted by Crippen LogP contribution is 2.20. The number of hydrogen-bond acceptors (Lipinski definition) is 5. The molecule has 1 aromatic heterocycles. The van der Waals surface area contributed by atoms with Crippen LogP contribution in [0.1, 0.15) is 22.5 Å². The van der Waals surface area contributed by atoms with Gasteiger partial charge < -0.3 is 9.32 Å². The van der Waals surface area contributed by atoms with Crippen molar-refractivity contribution >= 4 is 35.1 Å². The lowest BCUT2D eigenvalue weighted by atomic mass is 10.1. The second-order valence-corrected chi connectivity index (χ2v) is 6.54. The third-order valence-corrected chi connectivity index (χ3v) is 4.36. The standard InChI is InChI=1S/C18H17FN4O4S/c19-14-6-2-1-5-13(14)17(26)20-18(28)22-21-16(25)11-8-15(24)23(9-11)10-12-4-3-7-27-12/h1-7,11H,8-10H2,(H,21,25)(H2,20,22,26,28). The minimum atomic E-state index is -0.745. The van der Waals surface area contributed by atoms with Gasteiger partial charge in [0.05, 0.1) is 24.3 Å². The van der Waals surface area contributed by atoms with Crippen LogP contribution in [0.3, 0.4) is 0 Å². The van der Waals surface area contributed by atoms with E-state index >= 15 is 0 Å². The number of halogens is 1. The number of carbonyl (C=O) groups excluding carboxylic acids is 3. The van der Waals surface area contributed by atoms with E-state index in [1.807, 2.05) is 0 Å². The average molecular weight is 404 g/mol. The number of hydrogen-bond donors (Lipinski definition) is 3. The molecule has 8 nitrogen and oxygen atoms in total. The number of hydrazine groups is 1. The third kappa shape index (κ3) is 4.71. The summed E-state index contributed by atoms with van der Waals surface area (Å²) < 4.78 is 18.8. The van der Waals surface area contributed by atoms with Crippen molar-refractivity contribution in [2.75, 3.05) is 6.54 Å². The largest absolute Gasteiger partial charge is 0.467 e. The van der Waals surface area contributed by atoms with Crippen LogP contribution in [0.2, 0.25) is 0 Å².